The summed E-state index contributed by atoms with van der Waals surface area (Å²) in [6.45, 7) is 1.11. The van der Waals surface area contributed by atoms with E-state index in [4.69, 9.17) is 9.47 Å². The number of ether oxygens (including phenoxy) is 2. The van der Waals surface area contributed by atoms with Crippen molar-refractivity contribution in [2.45, 2.75) is 18.6 Å². The third kappa shape index (κ3) is 5.79. The molecule has 0 N–H and O–H groups in total. The molecule has 170 valence electrons. The molecule has 2 aromatic carbocycles. The van der Waals surface area contributed by atoms with Crippen molar-refractivity contribution in [2.75, 3.05) is 33.1 Å². The van der Waals surface area contributed by atoms with Gasteiger partial charge < -0.3 is 14.4 Å². The molecule has 0 saturated carbocycles. The first kappa shape index (κ1) is 23.6. The summed E-state index contributed by atoms with van der Waals surface area (Å²) in [5.41, 5.74) is 1.35. The number of nitro groups is 1. The Bertz CT molecular complexity index is 971. The first-order valence-electron chi connectivity index (χ1n) is 10.3. The summed E-state index contributed by atoms with van der Waals surface area (Å²) in [4.78, 5) is 37.7. The van der Waals surface area contributed by atoms with E-state index in [0.717, 1.165) is 5.56 Å². The number of amides is 1. The Kier molecular flexibility index (Phi) is 8.10. The van der Waals surface area contributed by atoms with E-state index < -0.39 is 4.92 Å². The van der Waals surface area contributed by atoms with Gasteiger partial charge in [0.05, 0.1) is 24.9 Å². The van der Waals surface area contributed by atoms with Crippen LogP contribution in [-0.2, 0) is 10.5 Å². The van der Waals surface area contributed by atoms with Crippen molar-refractivity contribution in [2.24, 2.45) is 5.92 Å². The Balaban J connectivity index is 1.46. The van der Waals surface area contributed by atoms with Gasteiger partial charge in [-0.05, 0) is 48.7 Å². The predicted molar refractivity (Wildman–Crippen MR) is 122 cm³/mol. The monoisotopic (exact) mass is 458 g/mol. The molecule has 1 amide bonds. The lowest BCUT2D eigenvalue weighted by Crippen LogP contribution is -2.41. The molecule has 1 aliphatic rings. The van der Waals surface area contributed by atoms with Crippen LogP contribution in [0.25, 0.3) is 0 Å². The number of hydrogen-bond acceptors (Lipinski definition) is 7. The molecular weight excluding hydrogens is 432 g/mol. The first-order valence-corrected chi connectivity index (χ1v) is 11.4. The average molecular weight is 459 g/mol. The Hall–Kier alpha value is -3.07. The fourth-order valence-electron chi connectivity index (χ4n) is 3.70. The van der Waals surface area contributed by atoms with Gasteiger partial charge in [0.25, 0.3) is 0 Å². The third-order valence-corrected chi connectivity index (χ3v) is 6.52. The molecule has 9 heteroatoms. The van der Waals surface area contributed by atoms with E-state index in [0.29, 0.717) is 43.0 Å². The topological polar surface area (TPSA) is 99.0 Å². The molecule has 1 saturated heterocycles. The summed E-state index contributed by atoms with van der Waals surface area (Å²) in [6.07, 6.45) is 1.29. The molecule has 3 rings (SSSR count). The lowest BCUT2D eigenvalue weighted by atomic mass is 9.89. The number of nitrogens with zero attached hydrogens (tertiary/aromatic N) is 2. The maximum absolute atomic E-state index is 12.7. The van der Waals surface area contributed by atoms with Crippen molar-refractivity contribution in [3.8, 4) is 11.5 Å². The van der Waals surface area contributed by atoms with Crippen molar-refractivity contribution in [3.63, 3.8) is 0 Å². The molecule has 0 radical (unpaired) electrons. The van der Waals surface area contributed by atoms with E-state index in [-0.39, 0.29) is 34.8 Å². The molecular formula is C23H26N2O6S. The number of hydrogen-bond donors (Lipinski definition) is 0. The van der Waals surface area contributed by atoms with Crippen molar-refractivity contribution in [1.82, 2.24) is 4.90 Å². The van der Waals surface area contributed by atoms with Crippen molar-refractivity contribution in [3.05, 3.63) is 63.7 Å². The second-order valence-electron chi connectivity index (χ2n) is 7.50. The lowest BCUT2D eigenvalue weighted by Gasteiger charge is -2.31. The number of carbonyl (C=O) groups excluding carboxylic acids is 2. The van der Waals surface area contributed by atoms with Crippen LogP contribution in [-0.4, -0.2) is 54.6 Å². The number of Topliss-reactive ketones (excluding diaryl/α,β-unsaturated/α-hetero) is 1. The van der Waals surface area contributed by atoms with Gasteiger partial charge in [0.2, 0.25) is 5.91 Å². The molecule has 0 bridgehead atoms. The highest BCUT2D eigenvalue weighted by Crippen LogP contribution is 2.29. The number of likely N-dealkylation sites (tertiary alicyclic amines) is 1. The molecule has 1 heterocycles. The normalized spacial score (nSPS) is 14.1. The zero-order valence-electron chi connectivity index (χ0n) is 18.1. The fraction of sp³-hybridized carbons (Fsp3) is 0.391. The summed E-state index contributed by atoms with van der Waals surface area (Å²) in [5, 5.41) is 11.1. The van der Waals surface area contributed by atoms with Crippen LogP contribution in [0.4, 0.5) is 5.69 Å². The van der Waals surface area contributed by atoms with Crippen LogP contribution in [0.1, 0.15) is 28.8 Å². The number of benzene rings is 2. The van der Waals surface area contributed by atoms with Crippen LogP contribution in [0, 0.1) is 16.0 Å². The van der Waals surface area contributed by atoms with Gasteiger partial charge in [-0.3, -0.25) is 19.7 Å². The van der Waals surface area contributed by atoms with Gasteiger partial charge in [-0.25, -0.2) is 0 Å². The summed E-state index contributed by atoms with van der Waals surface area (Å²) < 4.78 is 10.1. The van der Waals surface area contributed by atoms with Crippen LogP contribution >= 0.6 is 11.8 Å². The number of thioether (sulfide) groups is 1. The molecule has 1 aliphatic heterocycles. The van der Waals surface area contributed by atoms with Crippen molar-refractivity contribution >= 4 is 29.1 Å². The van der Waals surface area contributed by atoms with Gasteiger partial charge >= 0.3 is 5.69 Å². The minimum Gasteiger partial charge on any atom is -0.497 e. The van der Waals surface area contributed by atoms with E-state index in [1.807, 2.05) is 0 Å². The zero-order valence-corrected chi connectivity index (χ0v) is 18.9. The maximum atomic E-state index is 12.7. The second-order valence-corrected chi connectivity index (χ2v) is 8.49. The number of ketones is 1. The molecule has 0 aliphatic carbocycles. The highest BCUT2D eigenvalue weighted by molar-refractivity contribution is 7.99. The quantitative estimate of drug-likeness (QED) is 0.318. The average Bonchev–Trinajstić information content (AvgIpc) is 2.83. The van der Waals surface area contributed by atoms with E-state index in [1.54, 1.807) is 48.4 Å². The van der Waals surface area contributed by atoms with Crippen LogP contribution in [0.5, 0.6) is 11.5 Å². The zero-order chi connectivity index (χ0) is 23.1. The third-order valence-electron chi connectivity index (χ3n) is 5.53. The molecule has 0 atom stereocenters. The highest BCUT2D eigenvalue weighted by Gasteiger charge is 2.28. The minimum atomic E-state index is -0.477. The number of rotatable bonds is 9. The maximum Gasteiger partial charge on any atom is 0.311 e. The van der Waals surface area contributed by atoms with Crippen LogP contribution in [0.2, 0.25) is 0 Å². The minimum absolute atomic E-state index is 0.0216. The molecule has 8 nitrogen and oxygen atoms in total. The van der Waals surface area contributed by atoms with E-state index in [9.17, 15) is 19.7 Å². The molecule has 0 aromatic heterocycles. The van der Waals surface area contributed by atoms with Gasteiger partial charge in [0.15, 0.2) is 11.5 Å². The summed E-state index contributed by atoms with van der Waals surface area (Å²) >= 11 is 1.42. The SMILES string of the molecule is COc1ccc(C(=O)C2CCN(C(=O)CSCc3ccc(OC)c([N+](=O)[O-])c3)CC2)cc1. The standard InChI is InChI=1S/C23H26N2O6S/c1-30-19-6-4-17(5-7-19)23(27)18-9-11-24(12-10-18)22(26)15-32-14-16-3-8-21(31-2)20(13-16)25(28)29/h3-8,13,18H,9-12,14-15H2,1-2H3. The van der Waals surface area contributed by atoms with Gasteiger partial charge in [-0.15, -0.1) is 11.8 Å². The number of piperidine rings is 1. The van der Waals surface area contributed by atoms with Crippen LogP contribution in [0.15, 0.2) is 42.5 Å². The largest absolute Gasteiger partial charge is 0.497 e. The van der Waals surface area contributed by atoms with Crippen LogP contribution in [0.3, 0.4) is 0 Å². The van der Waals surface area contributed by atoms with E-state index in [1.165, 1.54) is 24.9 Å². The van der Waals surface area contributed by atoms with Gasteiger partial charge in [-0.2, -0.15) is 0 Å². The number of methoxy groups -OCH3 is 2. The Morgan fingerprint density at radius 3 is 2.38 bits per heavy atom. The lowest BCUT2D eigenvalue weighted by molar-refractivity contribution is -0.385. The Morgan fingerprint density at radius 2 is 1.78 bits per heavy atom. The first-order chi connectivity index (χ1) is 15.4. The van der Waals surface area contributed by atoms with Gasteiger partial charge in [-0.1, -0.05) is 6.07 Å². The molecule has 0 spiro atoms. The number of nitro benzene ring substituents is 1. The number of carbonyl (C=O) groups is 2. The smallest absolute Gasteiger partial charge is 0.311 e. The summed E-state index contributed by atoms with van der Waals surface area (Å²) in [6, 6.07) is 11.9. The molecule has 32 heavy (non-hydrogen) atoms. The predicted octanol–water partition coefficient (Wildman–Crippen LogP) is 3.97. The van der Waals surface area contributed by atoms with Crippen LogP contribution < -0.4 is 9.47 Å². The molecule has 2 aromatic rings. The van der Waals surface area contributed by atoms with E-state index in [2.05, 4.69) is 0 Å². The summed E-state index contributed by atoms with van der Waals surface area (Å²) in [7, 11) is 2.98. The second kappa shape index (κ2) is 11.0. The van der Waals surface area contributed by atoms with Crippen molar-refractivity contribution in [1.29, 1.82) is 0 Å². The molecule has 0 unspecified atom stereocenters. The fourth-order valence-corrected chi connectivity index (χ4v) is 4.57. The summed E-state index contributed by atoms with van der Waals surface area (Å²) in [5.74, 6) is 1.75. The highest BCUT2D eigenvalue weighted by atomic mass is 32.2. The molecule has 1 fully saturated rings. The van der Waals surface area contributed by atoms with Gasteiger partial charge in [0.1, 0.15) is 5.75 Å². The Labute approximate surface area is 191 Å². The van der Waals surface area contributed by atoms with Gasteiger partial charge in [0, 0.05) is 36.4 Å². The van der Waals surface area contributed by atoms with E-state index >= 15 is 0 Å². The Morgan fingerprint density at radius 1 is 1.09 bits per heavy atom. The van der Waals surface area contributed by atoms with Crippen molar-refractivity contribution < 1.29 is 24.0 Å².